The molecular formula is C14H22O3. The van der Waals surface area contributed by atoms with E-state index in [-0.39, 0.29) is 18.8 Å². The zero-order valence-electron chi connectivity index (χ0n) is 10.8. The fraction of sp³-hybridized carbons (Fsp3) is 0.571. The van der Waals surface area contributed by atoms with Gasteiger partial charge < -0.3 is 14.6 Å². The molecule has 96 valence electrons. The number of hydrogen-bond acceptors (Lipinski definition) is 3. The Bertz CT molecular complexity index is 325. The van der Waals surface area contributed by atoms with Crippen molar-refractivity contribution < 1.29 is 14.6 Å². The summed E-state index contributed by atoms with van der Waals surface area (Å²) in [7, 11) is 0. The van der Waals surface area contributed by atoms with Gasteiger partial charge in [-0.05, 0) is 31.9 Å². The average Bonchev–Trinajstić information content (AvgIpc) is 2.34. The summed E-state index contributed by atoms with van der Waals surface area (Å²) in [5, 5.41) is 9.40. The predicted molar refractivity (Wildman–Crippen MR) is 68.0 cm³/mol. The Labute approximate surface area is 103 Å². The van der Waals surface area contributed by atoms with E-state index in [1.165, 1.54) is 0 Å². The van der Waals surface area contributed by atoms with Gasteiger partial charge in [-0.25, -0.2) is 0 Å². The molecule has 1 aromatic carbocycles. The molecular weight excluding hydrogens is 216 g/mol. The minimum absolute atomic E-state index is 0.0349. The molecule has 0 saturated heterocycles. The fourth-order valence-corrected chi connectivity index (χ4v) is 1.93. The number of benzene rings is 1. The highest BCUT2D eigenvalue weighted by Gasteiger charge is 2.24. The molecule has 1 N–H and O–H groups in total. The summed E-state index contributed by atoms with van der Waals surface area (Å²) in [6.07, 6.45) is -0.507. The molecule has 0 aliphatic heterocycles. The predicted octanol–water partition coefficient (Wildman–Crippen LogP) is 2.47. The highest BCUT2D eigenvalue weighted by Crippen LogP contribution is 2.26. The van der Waals surface area contributed by atoms with Crippen LogP contribution in [0.4, 0.5) is 0 Å². The van der Waals surface area contributed by atoms with Gasteiger partial charge in [0.25, 0.3) is 0 Å². The molecule has 2 atom stereocenters. The lowest BCUT2D eigenvalue weighted by atomic mass is 9.99. The van der Waals surface area contributed by atoms with Gasteiger partial charge in [0.2, 0.25) is 0 Å². The molecule has 1 aromatic rings. The molecule has 0 radical (unpaired) electrons. The second-order valence-corrected chi connectivity index (χ2v) is 3.91. The van der Waals surface area contributed by atoms with Crippen LogP contribution in [0.15, 0.2) is 24.3 Å². The molecule has 0 aliphatic rings. The molecule has 17 heavy (non-hydrogen) atoms. The van der Waals surface area contributed by atoms with Crippen molar-refractivity contribution in [2.24, 2.45) is 0 Å². The molecule has 0 fully saturated rings. The average molecular weight is 238 g/mol. The quantitative estimate of drug-likeness (QED) is 0.793. The van der Waals surface area contributed by atoms with Crippen LogP contribution in [0.2, 0.25) is 0 Å². The number of ether oxygens (including phenoxy) is 2. The number of aliphatic hydroxyl groups is 1. The molecule has 3 heteroatoms. The zero-order valence-corrected chi connectivity index (χ0v) is 10.8. The van der Waals surface area contributed by atoms with Gasteiger partial charge in [-0.3, -0.25) is 0 Å². The van der Waals surface area contributed by atoms with Crippen molar-refractivity contribution in [2.45, 2.75) is 33.0 Å². The van der Waals surface area contributed by atoms with Crippen LogP contribution >= 0.6 is 0 Å². The van der Waals surface area contributed by atoms with E-state index < -0.39 is 0 Å². The van der Waals surface area contributed by atoms with E-state index in [0.29, 0.717) is 13.2 Å². The summed E-state index contributed by atoms with van der Waals surface area (Å²) in [5.41, 5.74) is 2.24. The highest BCUT2D eigenvalue weighted by atomic mass is 16.5. The second kappa shape index (κ2) is 7.43. The maximum atomic E-state index is 9.40. The normalized spacial score (nSPS) is 14.6. The minimum atomic E-state index is -0.305. The summed E-state index contributed by atoms with van der Waals surface area (Å²) in [4.78, 5) is 0. The molecule has 0 bridgehead atoms. The first-order valence-electron chi connectivity index (χ1n) is 6.14. The Kier molecular flexibility index (Phi) is 6.19. The third kappa shape index (κ3) is 3.80. The van der Waals surface area contributed by atoms with Crippen molar-refractivity contribution in [1.29, 1.82) is 0 Å². The van der Waals surface area contributed by atoms with Gasteiger partial charge in [0.15, 0.2) is 0 Å². The van der Waals surface area contributed by atoms with E-state index in [0.717, 1.165) is 11.1 Å². The van der Waals surface area contributed by atoms with E-state index in [1.54, 1.807) is 0 Å². The Hall–Kier alpha value is -0.900. The van der Waals surface area contributed by atoms with E-state index in [4.69, 9.17) is 9.47 Å². The molecule has 0 saturated carbocycles. The van der Waals surface area contributed by atoms with E-state index in [1.807, 2.05) is 45.0 Å². The van der Waals surface area contributed by atoms with Gasteiger partial charge in [-0.1, -0.05) is 24.3 Å². The van der Waals surface area contributed by atoms with Gasteiger partial charge in [-0.2, -0.15) is 0 Å². The third-order valence-corrected chi connectivity index (χ3v) is 2.74. The number of hydrogen-bond donors (Lipinski definition) is 1. The smallest absolute Gasteiger partial charge is 0.111 e. The Morgan fingerprint density at radius 2 is 1.76 bits per heavy atom. The molecule has 0 spiro atoms. The van der Waals surface area contributed by atoms with Gasteiger partial charge in [0.1, 0.15) is 12.2 Å². The maximum absolute atomic E-state index is 9.40. The number of rotatable bonds is 7. The van der Waals surface area contributed by atoms with Crippen LogP contribution in [0.3, 0.4) is 0 Å². The van der Waals surface area contributed by atoms with Crippen LogP contribution in [-0.2, 0) is 9.47 Å². The van der Waals surface area contributed by atoms with Crippen LogP contribution in [0.25, 0.3) is 0 Å². The SMILES string of the molecule is CCOC(CO)C(OCC)c1ccccc1C. The van der Waals surface area contributed by atoms with Crippen LogP contribution in [-0.4, -0.2) is 31.0 Å². The van der Waals surface area contributed by atoms with E-state index >= 15 is 0 Å². The fourth-order valence-electron chi connectivity index (χ4n) is 1.93. The molecule has 0 amide bonds. The highest BCUT2D eigenvalue weighted by molar-refractivity contribution is 5.28. The molecule has 1 rings (SSSR count). The van der Waals surface area contributed by atoms with Crippen LogP contribution in [0.1, 0.15) is 31.1 Å². The first-order chi connectivity index (χ1) is 8.24. The van der Waals surface area contributed by atoms with Crippen molar-refractivity contribution in [3.05, 3.63) is 35.4 Å². The summed E-state index contributed by atoms with van der Waals surface area (Å²) in [5.74, 6) is 0. The monoisotopic (exact) mass is 238 g/mol. The summed E-state index contributed by atoms with van der Waals surface area (Å²) in [6, 6.07) is 8.05. The molecule has 0 aliphatic carbocycles. The number of aliphatic hydroxyl groups excluding tert-OH is 1. The van der Waals surface area contributed by atoms with Gasteiger partial charge in [-0.15, -0.1) is 0 Å². The largest absolute Gasteiger partial charge is 0.394 e. The van der Waals surface area contributed by atoms with Gasteiger partial charge in [0, 0.05) is 13.2 Å². The Balaban J connectivity index is 2.94. The topological polar surface area (TPSA) is 38.7 Å². The lowest BCUT2D eigenvalue weighted by molar-refractivity contribution is -0.0893. The Morgan fingerprint density at radius 1 is 1.12 bits per heavy atom. The lowest BCUT2D eigenvalue weighted by Crippen LogP contribution is -2.29. The second-order valence-electron chi connectivity index (χ2n) is 3.91. The van der Waals surface area contributed by atoms with Crippen molar-refractivity contribution in [3.8, 4) is 0 Å². The summed E-state index contributed by atoms with van der Waals surface area (Å²) >= 11 is 0. The van der Waals surface area contributed by atoms with E-state index in [2.05, 4.69) is 0 Å². The standard InChI is InChI=1S/C14H22O3/c1-4-16-13(10-15)14(17-5-2)12-9-7-6-8-11(12)3/h6-9,13-15H,4-5,10H2,1-3H3. The first kappa shape index (κ1) is 14.2. The van der Waals surface area contributed by atoms with Crippen molar-refractivity contribution >= 4 is 0 Å². The van der Waals surface area contributed by atoms with E-state index in [9.17, 15) is 5.11 Å². The molecule has 3 nitrogen and oxygen atoms in total. The van der Waals surface area contributed by atoms with Crippen LogP contribution < -0.4 is 0 Å². The van der Waals surface area contributed by atoms with Crippen LogP contribution in [0.5, 0.6) is 0 Å². The van der Waals surface area contributed by atoms with Gasteiger partial charge in [0.05, 0.1) is 6.61 Å². The first-order valence-corrected chi connectivity index (χ1v) is 6.14. The summed E-state index contributed by atoms with van der Waals surface area (Å²) in [6.45, 7) is 7.05. The molecule has 0 heterocycles. The van der Waals surface area contributed by atoms with Crippen molar-refractivity contribution in [3.63, 3.8) is 0 Å². The van der Waals surface area contributed by atoms with Crippen molar-refractivity contribution in [1.82, 2.24) is 0 Å². The molecule has 2 unspecified atom stereocenters. The lowest BCUT2D eigenvalue weighted by Gasteiger charge is -2.26. The van der Waals surface area contributed by atoms with Crippen LogP contribution in [0, 0.1) is 6.92 Å². The molecule has 0 aromatic heterocycles. The third-order valence-electron chi connectivity index (χ3n) is 2.74. The Morgan fingerprint density at radius 3 is 2.29 bits per heavy atom. The summed E-state index contributed by atoms with van der Waals surface area (Å²) < 4.78 is 11.3. The number of aryl methyl sites for hydroxylation is 1. The van der Waals surface area contributed by atoms with Gasteiger partial charge >= 0.3 is 0 Å². The zero-order chi connectivity index (χ0) is 12.7. The minimum Gasteiger partial charge on any atom is -0.394 e. The van der Waals surface area contributed by atoms with Crippen molar-refractivity contribution in [2.75, 3.05) is 19.8 Å². The maximum Gasteiger partial charge on any atom is 0.111 e.